The van der Waals surface area contributed by atoms with Crippen LogP contribution in [0.3, 0.4) is 0 Å². The fourth-order valence-electron chi connectivity index (χ4n) is 3.34. The average Bonchev–Trinajstić information content (AvgIpc) is 2.82. The molecule has 0 atom stereocenters. The minimum atomic E-state index is -4.55. The Morgan fingerprint density at radius 3 is 2.24 bits per heavy atom. The molecule has 37 heavy (non-hydrogen) atoms. The van der Waals surface area contributed by atoms with E-state index in [0.29, 0.717) is 22.6 Å². The monoisotopic (exact) mass is 529 g/mol. The van der Waals surface area contributed by atoms with Gasteiger partial charge in [0.2, 0.25) is 0 Å². The third-order valence-electron chi connectivity index (χ3n) is 4.92. The first-order valence-corrected chi connectivity index (χ1v) is 12.4. The predicted molar refractivity (Wildman–Crippen MR) is 137 cm³/mol. The lowest BCUT2D eigenvalue weighted by atomic mass is 10.0. The summed E-state index contributed by atoms with van der Waals surface area (Å²) in [5.74, 6) is 1.21. The zero-order chi connectivity index (χ0) is 27.4. The number of hydrogen-bond donors (Lipinski definition) is 2. The van der Waals surface area contributed by atoms with Crippen molar-refractivity contribution in [3.8, 4) is 34.1 Å². The van der Waals surface area contributed by atoms with Crippen molar-refractivity contribution >= 4 is 21.7 Å². The topological polar surface area (TPSA) is 146 Å². The van der Waals surface area contributed by atoms with Crippen molar-refractivity contribution in [1.82, 2.24) is 10.0 Å². The van der Waals surface area contributed by atoms with E-state index in [0.717, 1.165) is 18.2 Å². The Labute approximate surface area is 214 Å². The molecule has 0 heterocycles. The van der Waals surface area contributed by atoms with Gasteiger partial charge in [0.1, 0.15) is 27.9 Å². The molecule has 0 spiro atoms. The van der Waals surface area contributed by atoms with E-state index in [1.165, 1.54) is 14.2 Å². The molecule has 0 radical (unpaired) electrons. The van der Waals surface area contributed by atoms with Crippen LogP contribution in [0.2, 0.25) is 0 Å². The first kappa shape index (κ1) is 27.3. The van der Waals surface area contributed by atoms with Gasteiger partial charge in [-0.3, -0.25) is 10.1 Å². The molecule has 0 bridgehead atoms. The second kappa shape index (κ2) is 10.7. The quantitative estimate of drug-likeness (QED) is 0.311. The Morgan fingerprint density at radius 1 is 0.919 bits per heavy atom. The molecule has 0 aliphatic carbocycles. The number of benzene rings is 3. The maximum Gasteiger partial charge on any atom is 0.329 e. The SMILES string of the molecule is COc1ccc(OC)c(-c2cccc(Oc3ccc([N+](=O)[O-])cc3S(=O)(=O)NC(=O)NC(C)(C)C)c2)c1. The molecular weight excluding hydrogens is 502 g/mol. The van der Waals surface area contributed by atoms with Gasteiger partial charge in [-0.1, -0.05) is 12.1 Å². The van der Waals surface area contributed by atoms with Gasteiger partial charge in [0.25, 0.3) is 15.7 Å². The number of non-ortho nitro benzene ring substituents is 1. The van der Waals surface area contributed by atoms with Crippen molar-refractivity contribution in [2.45, 2.75) is 31.2 Å². The number of ether oxygens (including phenoxy) is 3. The van der Waals surface area contributed by atoms with Crippen molar-refractivity contribution in [3.63, 3.8) is 0 Å². The van der Waals surface area contributed by atoms with Crippen LogP contribution in [0.5, 0.6) is 23.0 Å². The molecular formula is C25H27N3O8S. The van der Waals surface area contributed by atoms with Gasteiger partial charge in [-0.15, -0.1) is 0 Å². The van der Waals surface area contributed by atoms with Crippen molar-refractivity contribution in [2.75, 3.05) is 14.2 Å². The van der Waals surface area contributed by atoms with Gasteiger partial charge >= 0.3 is 6.03 Å². The highest BCUT2D eigenvalue weighted by Crippen LogP contribution is 2.37. The van der Waals surface area contributed by atoms with Gasteiger partial charge in [0.15, 0.2) is 0 Å². The van der Waals surface area contributed by atoms with Crippen LogP contribution in [0, 0.1) is 10.1 Å². The molecule has 11 nitrogen and oxygen atoms in total. The molecule has 0 saturated carbocycles. The molecule has 3 aromatic carbocycles. The second-order valence-corrected chi connectivity index (χ2v) is 10.5. The first-order valence-electron chi connectivity index (χ1n) is 11.0. The largest absolute Gasteiger partial charge is 0.497 e. The van der Waals surface area contributed by atoms with E-state index < -0.39 is 37.1 Å². The Morgan fingerprint density at radius 2 is 1.62 bits per heavy atom. The molecule has 0 aliphatic heterocycles. The number of hydrogen-bond acceptors (Lipinski definition) is 8. The molecule has 196 valence electrons. The number of amides is 2. The van der Waals surface area contributed by atoms with Gasteiger partial charge in [0, 0.05) is 23.2 Å². The summed E-state index contributed by atoms with van der Waals surface area (Å²) in [6, 6.07) is 14.1. The van der Waals surface area contributed by atoms with Crippen LogP contribution in [0.1, 0.15) is 20.8 Å². The highest BCUT2D eigenvalue weighted by atomic mass is 32.2. The summed E-state index contributed by atoms with van der Waals surface area (Å²) in [7, 11) is -1.48. The Kier molecular flexibility index (Phi) is 7.92. The van der Waals surface area contributed by atoms with Crippen LogP contribution >= 0.6 is 0 Å². The zero-order valence-electron chi connectivity index (χ0n) is 20.9. The highest BCUT2D eigenvalue weighted by molar-refractivity contribution is 7.90. The van der Waals surface area contributed by atoms with Gasteiger partial charge < -0.3 is 19.5 Å². The standard InChI is InChI=1S/C25H27N3O8S/c1-25(2,3)26-24(29)27-37(32,33)23-14-17(28(30)31)9-11-22(23)36-19-8-6-7-16(13-19)20-15-18(34-4)10-12-21(20)35-5/h6-15H,1-5H3,(H2,26,27,29). The molecule has 0 fully saturated rings. The smallest absolute Gasteiger partial charge is 0.329 e. The molecule has 0 aromatic heterocycles. The number of sulfonamides is 1. The fraction of sp³-hybridized carbons (Fsp3) is 0.240. The van der Waals surface area contributed by atoms with E-state index in [1.807, 2.05) is 4.72 Å². The van der Waals surface area contributed by atoms with E-state index in [1.54, 1.807) is 63.2 Å². The lowest BCUT2D eigenvalue weighted by Gasteiger charge is -2.21. The van der Waals surface area contributed by atoms with Crippen LogP contribution in [-0.2, 0) is 10.0 Å². The highest BCUT2D eigenvalue weighted by Gasteiger charge is 2.27. The number of nitro groups is 1. The first-order chi connectivity index (χ1) is 17.3. The van der Waals surface area contributed by atoms with Crippen molar-refractivity contribution in [1.29, 1.82) is 0 Å². The van der Waals surface area contributed by atoms with Crippen molar-refractivity contribution < 1.29 is 32.3 Å². The predicted octanol–water partition coefficient (Wildman–Crippen LogP) is 4.86. The van der Waals surface area contributed by atoms with Gasteiger partial charge in [0.05, 0.1) is 19.1 Å². The second-order valence-electron chi connectivity index (χ2n) is 8.89. The summed E-state index contributed by atoms with van der Waals surface area (Å²) < 4.78 is 44.6. The number of nitrogens with one attached hydrogen (secondary N) is 2. The molecule has 3 aromatic rings. The third-order valence-corrected chi connectivity index (χ3v) is 6.27. The van der Waals surface area contributed by atoms with Gasteiger partial charge in [-0.05, 0) is 62.7 Å². The van der Waals surface area contributed by atoms with Gasteiger partial charge in [-0.25, -0.2) is 17.9 Å². The Bertz CT molecular complexity index is 1430. The normalized spacial score (nSPS) is 11.4. The third kappa shape index (κ3) is 6.88. The van der Waals surface area contributed by atoms with Crippen LogP contribution < -0.4 is 24.2 Å². The fourth-order valence-corrected chi connectivity index (χ4v) is 4.40. The summed E-state index contributed by atoms with van der Waals surface area (Å²) in [6.45, 7) is 5.02. The molecule has 12 heteroatoms. The van der Waals surface area contributed by atoms with E-state index in [2.05, 4.69) is 5.32 Å². The number of carbonyl (C=O) groups excluding carboxylic acids is 1. The van der Waals surface area contributed by atoms with Crippen molar-refractivity contribution in [3.05, 3.63) is 70.8 Å². The number of carbonyl (C=O) groups is 1. The van der Waals surface area contributed by atoms with Crippen LogP contribution in [-0.4, -0.2) is 39.1 Å². The van der Waals surface area contributed by atoms with Crippen molar-refractivity contribution in [2.24, 2.45) is 0 Å². The van der Waals surface area contributed by atoms with E-state index >= 15 is 0 Å². The number of nitro benzene ring substituents is 1. The maximum atomic E-state index is 13.1. The molecule has 0 aliphatic rings. The number of urea groups is 1. The number of nitrogens with zero attached hydrogens (tertiary/aromatic N) is 1. The van der Waals surface area contributed by atoms with E-state index in [9.17, 15) is 23.3 Å². The maximum absolute atomic E-state index is 13.1. The zero-order valence-corrected chi connectivity index (χ0v) is 21.7. The number of methoxy groups -OCH3 is 2. The summed E-state index contributed by atoms with van der Waals surface area (Å²) in [5.41, 5.74) is 0.175. The minimum absolute atomic E-state index is 0.212. The minimum Gasteiger partial charge on any atom is -0.497 e. The lowest BCUT2D eigenvalue weighted by molar-refractivity contribution is -0.385. The summed E-state index contributed by atoms with van der Waals surface area (Å²) in [5, 5.41) is 13.8. The molecule has 2 amide bonds. The van der Waals surface area contributed by atoms with Crippen LogP contribution in [0.25, 0.3) is 11.1 Å². The van der Waals surface area contributed by atoms with E-state index in [4.69, 9.17) is 14.2 Å². The average molecular weight is 530 g/mol. The Hall–Kier alpha value is -4.32. The van der Waals surface area contributed by atoms with Crippen LogP contribution in [0.15, 0.2) is 65.6 Å². The van der Waals surface area contributed by atoms with E-state index in [-0.39, 0.29) is 11.5 Å². The molecule has 3 rings (SSSR count). The molecule has 0 unspecified atom stereocenters. The van der Waals surface area contributed by atoms with Gasteiger partial charge in [-0.2, -0.15) is 0 Å². The molecule has 0 saturated heterocycles. The summed E-state index contributed by atoms with van der Waals surface area (Å²) >= 11 is 0. The number of rotatable bonds is 8. The lowest BCUT2D eigenvalue weighted by Crippen LogP contribution is -2.48. The molecule has 2 N–H and O–H groups in total. The van der Waals surface area contributed by atoms with Crippen LogP contribution in [0.4, 0.5) is 10.5 Å². The summed E-state index contributed by atoms with van der Waals surface area (Å²) in [6.07, 6.45) is 0. The summed E-state index contributed by atoms with van der Waals surface area (Å²) in [4.78, 5) is 22.3. The Balaban J connectivity index is 2.02.